The van der Waals surface area contributed by atoms with Gasteiger partial charge in [-0.25, -0.2) is 9.97 Å². The molecule has 0 saturated carbocycles. The number of hydrogen-bond acceptors (Lipinski definition) is 6. The van der Waals surface area contributed by atoms with E-state index in [-0.39, 0.29) is 34.8 Å². The average molecular weight is 468 g/mol. The van der Waals surface area contributed by atoms with Crippen molar-refractivity contribution in [2.24, 2.45) is 0 Å². The number of rotatable bonds is 5. The molecule has 2 heterocycles. The van der Waals surface area contributed by atoms with Gasteiger partial charge in [0.05, 0.1) is 17.7 Å². The summed E-state index contributed by atoms with van der Waals surface area (Å²) in [6, 6.07) is 14.8. The molecule has 2 N–H and O–H groups in total. The normalized spacial score (nSPS) is 17.0. The third kappa shape index (κ3) is 4.71. The summed E-state index contributed by atoms with van der Waals surface area (Å²) in [5.41, 5.74) is 4.81. The van der Waals surface area contributed by atoms with Gasteiger partial charge in [0.25, 0.3) is 11.8 Å². The van der Waals surface area contributed by atoms with Crippen LogP contribution in [0, 0.1) is 11.3 Å². The third-order valence-electron chi connectivity index (χ3n) is 6.37. The molecule has 1 aliphatic heterocycles. The molecule has 0 fully saturated rings. The molecule has 0 saturated heterocycles. The molecule has 1 atom stereocenters. The Labute approximate surface area is 203 Å². The standard InChI is InChI=1S/C27H25N5O3/c1-27(2)12-19-10-17(4-8-24(19)35-27)14-29-25(33)22-11-23(31-15-30-22)26(34)32-21-7-5-18-9-16(13-28)3-6-20(18)21/h3-4,6,8-11,15,21H,5,7,12,14H2,1-2H3,(H,29,33)(H,32,34)/t21-/m1/s1. The number of ether oxygens (including phenoxy) is 1. The molecule has 0 radical (unpaired) electrons. The van der Waals surface area contributed by atoms with Crippen LogP contribution in [0.4, 0.5) is 0 Å². The molecule has 1 aromatic heterocycles. The summed E-state index contributed by atoms with van der Waals surface area (Å²) in [4.78, 5) is 33.7. The number of fused-ring (bicyclic) bond motifs is 2. The Morgan fingerprint density at radius 3 is 2.69 bits per heavy atom. The van der Waals surface area contributed by atoms with Crippen LogP contribution in [0.5, 0.6) is 5.75 Å². The van der Waals surface area contributed by atoms with Crippen molar-refractivity contribution in [3.05, 3.63) is 88.0 Å². The molecule has 2 aliphatic rings. The Kier molecular flexibility index (Phi) is 5.69. The van der Waals surface area contributed by atoms with Crippen LogP contribution in [-0.2, 0) is 19.4 Å². The van der Waals surface area contributed by atoms with Crippen molar-refractivity contribution in [1.82, 2.24) is 20.6 Å². The number of nitriles is 1. The van der Waals surface area contributed by atoms with Crippen LogP contribution in [0.25, 0.3) is 0 Å². The first kappa shape index (κ1) is 22.5. The van der Waals surface area contributed by atoms with Crippen LogP contribution < -0.4 is 15.4 Å². The molecule has 1 aliphatic carbocycles. The lowest BCUT2D eigenvalue weighted by Crippen LogP contribution is -2.29. The predicted octanol–water partition coefficient (Wildman–Crippen LogP) is 3.41. The van der Waals surface area contributed by atoms with Crippen molar-refractivity contribution in [1.29, 1.82) is 5.26 Å². The predicted molar refractivity (Wildman–Crippen MR) is 128 cm³/mol. The minimum absolute atomic E-state index is 0.126. The fourth-order valence-corrected chi connectivity index (χ4v) is 4.72. The molecule has 3 aromatic rings. The van der Waals surface area contributed by atoms with Crippen molar-refractivity contribution in [3.8, 4) is 11.8 Å². The topological polar surface area (TPSA) is 117 Å². The maximum absolute atomic E-state index is 12.9. The average Bonchev–Trinajstić information content (AvgIpc) is 3.40. The molecule has 0 bridgehead atoms. The van der Waals surface area contributed by atoms with Crippen LogP contribution in [0.3, 0.4) is 0 Å². The fourth-order valence-electron chi connectivity index (χ4n) is 4.72. The second-order valence-corrected chi connectivity index (χ2v) is 9.54. The molecule has 5 rings (SSSR count). The summed E-state index contributed by atoms with van der Waals surface area (Å²) < 4.78 is 5.90. The van der Waals surface area contributed by atoms with Crippen LogP contribution in [0.2, 0.25) is 0 Å². The first-order valence-corrected chi connectivity index (χ1v) is 11.6. The molecule has 2 aromatic carbocycles. The Morgan fingerprint density at radius 1 is 1.09 bits per heavy atom. The molecule has 8 nitrogen and oxygen atoms in total. The van der Waals surface area contributed by atoms with Gasteiger partial charge in [0, 0.05) is 19.0 Å². The highest BCUT2D eigenvalue weighted by Crippen LogP contribution is 2.35. The summed E-state index contributed by atoms with van der Waals surface area (Å²) >= 11 is 0. The highest BCUT2D eigenvalue weighted by molar-refractivity contribution is 5.97. The van der Waals surface area contributed by atoms with Gasteiger partial charge in [-0.05, 0) is 67.1 Å². The van der Waals surface area contributed by atoms with Crippen molar-refractivity contribution >= 4 is 11.8 Å². The zero-order valence-electron chi connectivity index (χ0n) is 19.6. The zero-order valence-corrected chi connectivity index (χ0v) is 19.6. The van der Waals surface area contributed by atoms with Crippen LogP contribution in [-0.4, -0.2) is 27.4 Å². The number of nitrogens with one attached hydrogen (secondary N) is 2. The molecule has 176 valence electrons. The fraction of sp³-hybridized carbons (Fsp3) is 0.296. The molecule has 2 amide bonds. The lowest BCUT2D eigenvalue weighted by Gasteiger charge is -2.16. The van der Waals surface area contributed by atoms with Gasteiger partial charge >= 0.3 is 0 Å². The van der Waals surface area contributed by atoms with Crippen molar-refractivity contribution in [2.45, 2.75) is 51.3 Å². The maximum atomic E-state index is 12.9. The van der Waals surface area contributed by atoms with E-state index in [0.29, 0.717) is 12.1 Å². The zero-order chi connectivity index (χ0) is 24.6. The van der Waals surface area contributed by atoms with E-state index in [9.17, 15) is 9.59 Å². The van der Waals surface area contributed by atoms with Crippen molar-refractivity contribution in [2.75, 3.05) is 0 Å². The number of carbonyl (C=O) groups excluding carboxylic acids is 2. The summed E-state index contributed by atoms with van der Waals surface area (Å²) in [6.45, 7) is 4.43. The largest absolute Gasteiger partial charge is 0.487 e. The van der Waals surface area contributed by atoms with Gasteiger partial charge in [0.15, 0.2) is 0 Å². The van der Waals surface area contributed by atoms with E-state index in [1.807, 2.05) is 44.2 Å². The summed E-state index contributed by atoms with van der Waals surface area (Å²) in [6.07, 6.45) is 3.58. The number of nitrogens with zero attached hydrogens (tertiary/aromatic N) is 3. The Morgan fingerprint density at radius 2 is 1.89 bits per heavy atom. The smallest absolute Gasteiger partial charge is 0.270 e. The van der Waals surface area contributed by atoms with Gasteiger partial charge in [-0.2, -0.15) is 5.26 Å². The summed E-state index contributed by atoms with van der Waals surface area (Å²) in [7, 11) is 0. The van der Waals surface area contributed by atoms with Gasteiger partial charge in [-0.15, -0.1) is 0 Å². The number of hydrogen-bond donors (Lipinski definition) is 2. The second-order valence-electron chi connectivity index (χ2n) is 9.54. The van der Waals surface area contributed by atoms with Gasteiger partial charge in [-0.1, -0.05) is 18.2 Å². The maximum Gasteiger partial charge on any atom is 0.270 e. The molecule has 0 spiro atoms. The number of carbonyl (C=O) groups is 2. The third-order valence-corrected chi connectivity index (χ3v) is 6.37. The molecular weight excluding hydrogens is 442 g/mol. The molecule has 8 heteroatoms. The van der Waals surface area contributed by atoms with Crippen molar-refractivity contribution < 1.29 is 14.3 Å². The summed E-state index contributed by atoms with van der Waals surface area (Å²) in [5, 5.41) is 14.9. The minimum Gasteiger partial charge on any atom is -0.487 e. The number of amides is 2. The van der Waals surface area contributed by atoms with E-state index in [0.717, 1.165) is 47.3 Å². The van der Waals surface area contributed by atoms with Crippen LogP contribution in [0.15, 0.2) is 48.8 Å². The van der Waals surface area contributed by atoms with E-state index in [4.69, 9.17) is 10.00 Å². The highest BCUT2D eigenvalue weighted by atomic mass is 16.5. The van der Waals surface area contributed by atoms with Gasteiger partial charge in [-0.3, -0.25) is 9.59 Å². The molecule has 35 heavy (non-hydrogen) atoms. The Balaban J connectivity index is 1.22. The van der Waals surface area contributed by atoms with Gasteiger partial charge in [0.2, 0.25) is 0 Å². The molecular formula is C27H25N5O3. The monoisotopic (exact) mass is 467 g/mol. The van der Waals surface area contributed by atoms with Gasteiger partial charge < -0.3 is 15.4 Å². The Bertz CT molecular complexity index is 1380. The van der Waals surface area contributed by atoms with Gasteiger partial charge in [0.1, 0.15) is 29.1 Å². The lowest BCUT2D eigenvalue weighted by molar-refractivity contribution is 0.0931. The van der Waals surface area contributed by atoms with Crippen LogP contribution in [0.1, 0.15) is 75.1 Å². The SMILES string of the molecule is CC1(C)Cc2cc(CNC(=O)c3cc(C(=O)N[C@@H]4CCc5cc(C#N)ccc54)ncn3)ccc2O1. The highest BCUT2D eigenvalue weighted by Gasteiger charge is 2.30. The quantitative estimate of drug-likeness (QED) is 0.594. The Hall–Kier alpha value is -4.25. The molecule has 0 unspecified atom stereocenters. The van der Waals surface area contributed by atoms with Crippen molar-refractivity contribution in [3.63, 3.8) is 0 Å². The van der Waals surface area contributed by atoms with E-state index < -0.39 is 0 Å². The number of aryl methyl sites for hydroxylation is 1. The van der Waals surface area contributed by atoms with E-state index >= 15 is 0 Å². The minimum atomic E-state index is -0.381. The second kappa shape index (κ2) is 8.84. The van der Waals surface area contributed by atoms with E-state index in [1.165, 1.54) is 12.4 Å². The number of benzene rings is 2. The lowest BCUT2D eigenvalue weighted by atomic mass is 10.0. The summed E-state index contributed by atoms with van der Waals surface area (Å²) in [5.74, 6) is 0.130. The first-order chi connectivity index (χ1) is 16.8. The van der Waals surface area contributed by atoms with E-state index in [2.05, 4.69) is 26.7 Å². The van der Waals surface area contributed by atoms with E-state index in [1.54, 1.807) is 6.07 Å². The first-order valence-electron chi connectivity index (χ1n) is 11.6. The van der Waals surface area contributed by atoms with Crippen LogP contribution >= 0.6 is 0 Å². The number of aromatic nitrogens is 2.